The summed E-state index contributed by atoms with van der Waals surface area (Å²) in [4.78, 5) is 20.8. The Hall–Kier alpha value is -3.08. The Bertz CT molecular complexity index is 1050. The topological polar surface area (TPSA) is 64.2 Å². The molecule has 1 aliphatic rings. The van der Waals surface area contributed by atoms with Crippen LogP contribution in [-0.4, -0.2) is 30.0 Å². The molecule has 0 aliphatic heterocycles. The smallest absolute Gasteiger partial charge is 0.165 e. The van der Waals surface area contributed by atoms with E-state index >= 15 is 0 Å². The number of hydrogen-bond acceptors (Lipinski definition) is 4. The molecule has 1 N–H and O–H groups in total. The number of pyridine rings is 1. The first kappa shape index (κ1) is 19.2. The molecule has 2 aromatic heterocycles. The number of ether oxygens (including phenoxy) is 2. The second kappa shape index (κ2) is 7.39. The van der Waals surface area contributed by atoms with Crippen molar-refractivity contribution in [2.75, 3.05) is 14.2 Å². The summed E-state index contributed by atoms with van der Waals surface area (Å²) in [5.41, 5.74) is 6.00. The van der Waals surface area contributed by atoms with Crippen molar-refractivity contribution in [3.05, 3.63) is 65.1 Å². The monoisotopic (exact) mass is 390 g/mol. The lowest BCUT2D eigenvalue weighted by Crippen LogP contribution is -2.27. The van der Waals surface area contributed by atoms with Crippen LogP contribution >= 0.6 is 0 Å². The van der Waals surface area contributed by atoms with Gasteiger partial charge >= 0.3 is 0 Å². The van der Waals surface area contributed by atoms with E-state index in [1.807, 2.05) is 30.3 Å². The third kappa shape index (κ3) is 3.65. The first-order valence-corrected chi connectivity index (χ1v) is 9.80. The highest BCUT2D eigenvalue weighted by molar-refractivity contribution is 6.02. The van der Waals surface area contributed by atoms with Gasteiger partial charge in [0.25, 0.3) is 0 Å². The van der Waals surface area contributed by atoms with Crippen LogP contribution in [0.5, 0.6) is 11.5 Å². The maximum Gasteiger partial charge on any atom is 0.165 e. The normalized spacial score (nSPS) is 15.1. The third-order valence-electron chi connectivity index (χ3n) is 5.55. The zero-order valence-electron chi connectivity index (χ0n) is 17.3. The Morgan fingerprint density at radius 3 is 2.45 bits per heavy atom. The van der Waals surface area contributed by atoms with E-state index in [1.165, 1.54) is 0 Å². The van der Waals surface area contributed by atoms with E-state index in [2.05, 4.69) is 23.8 Å². The molecule has 1 aliphatic carbocycles. The lowest BCUT2D eigenvalue weighted by atomic mass is 9.75. The number of H-pyrrole nitrogens is 1. The summed E-state index contributed by atoms with van der Waals surface area (Å²) in [6.45, 7) is 4.30. The summed E-state index contributed by atoms with van der Waals surface area (Å²) < 4.78 is 10.8. The Morgan fingerprint density at radius 2 is 1.76 bits per heavy atom. The number of benzene rings is 1. The molecule has 29 heavy (non-hydrogen) atoms. The van der Waals surface area contributed by atoms with Gasteiger partial charge in [0.2, 0.25) is 0 Å². The van der Waals surface area contributed by atoms with Crippen LogP contribution in [0.4, 0.5) is 0 Å². The average Bonchev–Trinajstić information content (AvgIpc) is 3.05. The maximum atomic E-state index is 13.1. The summed E-state index contributed by atoms with van der Waals surface area (Å²) in [7, 11) is 3.26. The standard InChI is InChI=1S/C24H26N2O3/c1-24(2)13-18-22(19(27)14-24)17(23(26-18)16-7-9-25-10-8-16)11-15-5-6-20(28-3)21(12-15)29-4/h5-10,12,26H,11,13-14H2,1-4H3. The van der Waals surface area contributed by atoms with Crippen LogP contribution in [0, 0.1) is 5.41 Å². The van der Waals surface area contributed by atoms with Crippen molar-refractivity contribution in [1.82, 2.24) is 9.97 Å². The van der Waals surface area contributed by atoms with Gasteiger partial charge in [0.1, 0.15) is 0 Å². The number of aromatic nitrogens is 2. The molecule has 4 rings (SSSR count). The van der Waals surface area contributed by atoms with E-state index in [9.17, 15) is 4.79 Å². The second-order valence-electron chi connectivity index (χ2n) is 8.38. The minimum absolute atomic E-state index is 0.0367. The molecule has 0 unspecified atom stereocenters. The number of methoxy groups -OCH3 is 2. The number of aromatic amines is 1. The molecule has 0 radical (unpaired) electrons. The van der Waals surface area contributed by atoms with Crippen molar-refractivity contribution < 1.29 is 14.3 Å². The molecule has 5 heteroatoms. The Labute approximate surface area is 171 Å². The number of ketones is 1. The van der Waals surface area contributed by atoms with E-state index in [-0.39, 0.29) is 11.2 Å². The summed E-state index contributed by atoms with van der Waals surface area (Å²) >= 11 is 0. The molecule has 2 heterocycles. The van der Waals surface area contributed by atoms with Gasteiger partial charge in [0, 0.05) is 42.1 Å². The number of fused-ring (bicyclic) bond motifs is 1. The molecule has 0 atom stereocenters. The highest BCUT2D eigenvalue weighted by Crippen LogP contribution is 2.40. The minimum Gasteiger partial charge on any atom is -0.493 e. The largest absolute Gasteiger partial charge is 0.493 e. The van der Waals surface area contributed by atoms with Gasteiger partial charge in [-0.3, -0.25) is 9.78 Å². The van der Waals surface area contributed by atoms with Gasteiger partial charge in [-0.05, 0) is 47.2 Å². The number of Topliss-reactive ketones (excluding diaryl/α,β-unsaturated/α-hetero) is 1. The van der Waals surface area contributed by atoms with Gasteiger partial charge in [-0.25, -0.2) is 0 Å². The Balaban J connectivity index is 1.84. The van der Waals surface area contributed by atoms with Crippen LogP contribution < -0.4 is 9.47 Å². The fourth-order valence-corrected chi connectivity index (χ4v) is 4.27. The average molecular weight is 390 g/mol. The number of hydrogen-bond donors (Lipinski definition) is 1. The molecule has 0 bridgehead atoms. The Kier molecular flexibility index (Phi) is 4.91. The van der Waals surface area contributed by atoms with Crippen molar-refractivity contribution in [2.24, 2.45) is 5.41 Å². The number of nitrogens with one attached hydrogen (secondary N) is 1. The zero-order valence-corrected chi connectivity index (χ0v) is 17.3. The van der Waals surface area contributed by atoms with Gasteiger partial charge in [-0.1, -0.05) is 19.9 Å². The molecule has 5 nitrogen and oxygen atoms in total. The molecule has 0 spiro atoms. The van der Waals surface area contributed by atoms with Crippen LogP contribution in [0.25, 0.3) is 11.3 Å². The van der Waals surface area contributed by atoms with Crippen LogP contribution in [0.2, 0.25) is 0 Å². The third-order valence-corrected chi connectivity index (χ3v) is 5.55. The molecule has 0 saturated heterocycles. The summed E-state index contributed by atoms with van der Waals surface area (Å²) in [5, 5.41) is 0. The van der Waals surface area contributed by atoms with Crippen molar-refractivity contribution in [3.8, 4) is 22.8 Å². The van der Waals surface area contributed by atoms with Gasteiger partial charge in [-0.2, -0.15) is 0 Å². The van der Waals surface area contributed by atoms with E-state index < -0.39 is 0 Å². The van der Waals surface area contributed by atoms with Crippen LogP contribution in [0.1, 0.15) is 47.4 Å². The van der Waals surface area contributed by atoms with Gasteiger partial charge in [-0.15, -0.1) is 0 Å². The van der Waals surface area contributed by atoms with E-state index in [1.54, 1.807) is 26.6 Å². The molecule has 150 valence electrons. The fraction of sp³-hybridized carbons (Fsp3) is 0.333. The molecule has 0 fully saturated rings. The second-order valence-corrected chi connectivity index (χ2v) is 8.38. The molecule has 0 amide bonds. The first-order chi connectivity index (χ1) is 13.9. The molecule has 3 aromatic rings. The predicted molar refractivity (Wildman–Crippen MR) is 113 cm³/mol. The maximum absolute atomic E-state index is 13.1. The van der Waals surface area contributed by atoms with Crippen LogP contribution in [0.3, 0.4) is 0 Å². The minimum atomic E-state index is -0.0367. The summed E-state index contributed by atoms with van der Waals surface area (Å²) in [6, 6.07) is 9.86. The lowest BCUT2D eigenvalue weighted by molar-refractivity contribution is 0.0911. The molecule has 1 aromatic carbocycles. The summed E-state index contributed by atoms with van der Waals surface area (Å²) in [5.74, 6) is 1.59. The number of nitrogens with zero attached hydrogens (tertiary/aromatic N) is 1. The summed E-state index contributed by atoms with van der Waals surface area (Å²) in [6.07, 6.45) is 5.61. The molecular formula is C24H26N2O3. The SMILES string of the molecule is COc1ccc(Cc2c(-c3ccncc3)[nH]c3c2C(=O)CC(C)(C)C3)cc1OC. The number of carbonyl (C=O) groups excluding carboxylic acids is 1. The quantitative estimate of drug-likeness (QED) is 0.677. The van der Waals surface area contributed by atoms with E-state index in [0.29, 0.717) is 24.3 Å². The number of carbonyl (C=O) groups is 1. The van der Waals surface area contributed by atoms with Gasteiger partial charge in [0.05, 0.1) is 19.9 Å². The van der Waals surface area contributed by atoms with E-state index in [4.69, 9.17) is 9.47 Å². The molecule has 0 saturated carbocycles. The van der Waals surface area contributed by atoms with Crippen LogP contribution in [-0.2, 0) is 12.8 Å². The van der Waals surface area contributed by atoms with Gasteiger partial charge in [0.15, 0.2) is 17.3 Å². The predicted octanol–water partition coefficient (Wildman–Crippen LogP) is 4.84. The highest BCUT2D eigenvalue weighted by atomic mass is 16.5. The van der Waals surface area contributed by atoms with Crippen molar-refractivity contribution in [2.45, 2.75) is 33.1 Å². The van der Waals surface area contributed by atoms with Gasteiger partial charge < -0.3 is 14.5 Å². The molecular weight excluding hydrogens is 364 g/mol. The fourth-order valence-electron chi connectivity index (χ4n) is 4.27. The highest BCUT2D eigenvalue weighted by Gasteiger charge is 2.35. The van der Waals surface area contributed by atoms with Crippen molar-refractivity contribution in [1.29, 1.82) is 0 Å². The lowest BCUT2D eigenvalue weighted by Gasteiger charge is -2.28. The number of rotatable bonds is 5. The van der Waals surface area contributed by atoms with Crippen molar-refractivity contribution in [3.63, 3.8) is 0 Å². The van der Waals surface area contributed by atoms with Crippen molar-refractivity contribution >= 4 is 5.78 Å². The van der Waals surface area contributed by atoms with Crippen LogP contribution in [0.15, 0.2) is 42.7 Å². The first-order valence-electron chi connectivity index (χ1n) is 9.80. The van der Waals surface area contributed by atoms with E-state index in [0.717, 1.165) is 40.1 Å². The Morgan fingerprint density at radius 1 is 1.03 bits per heavy atom. The zero-order chi connectivity index (χ0) is 20.6.